The highest BCUT2D eigenvalue weighted by atomic mass is 35.5. The van der Waals surface area contributed by atoms with Crippen molar-refractivity contribution in [3.05, 3.63) is 46.1 Å². The first-order valence-electron chi connectivity index (χ1n) is 9.76. The molecular formula is C22H26ClNO3. The van der Waals surface area contributed by atoms with Crippen LogP contribution in [-0.4, -0.2) is 24.1 Å². The van der Waals surface area contributed by atoms with Crippen molar-refractivity contribution in [1.29, 1.82) is 0 Å². The predicted octanol–water partition coefficient (Wildman–Crippen LogP) is 5.25. The van der Waals surface area contributed by atoms with E-state index in [4.69, 9.17) is 16.3 Å². The number of carbonyl (C=O) groups is 2. The number of halogens is 1. The first-order valence-corrected chi connectivity index (χ1v) is 10.1. The topological polar surface area (TPSA) is 55.7 Å². The maximum absolute atomic E-state index is 13.0. The lowest BCUT2D eigenvalue weighted by molar-refractivity contribution is -0.146. The fourth-order valence-electron chi connectivity index (χ4n) is 3.99. The van der Waals surface area contributed by atoms with E-state index in [2.05, 4.69) is 11.9 Å². The third-order valence-electron chi connectivity index (χ3n) is 5.29. The lowest BCUT2D eigenvalue weighted by atomic mass is 9.72. The number of esters is 1. The van der Waals surface area contributed by atoms with E-state index in [1.165, 1.54) is 0 Å². The molecule has 1 aromatic carbocycles. The molecule has 1 heterocycles. The molecular weight excluding hydrogens is 362 g/mol. The van der Waals surface area contributed by atoms with Crippen molar-refractivity contribution in [2.75, 3.05) is 6.61 Å². The molecule has 27 heavy (non-hydrogen) atoms. The van der Waals surface area contributed by atoms with Gasteiger partial charge >= 0.3 is 5.97 Å². The number of carbonyl (C=O) groups excluding carboxylic acids is 2. The van der Waals surface area contributed by atoms with Crippen LogP contribution in [-0.2, 0) is 14.3 Å². The third kappa shape index (κ3) is 4.32. The van der Waals surface area contributed by atoms with Crippen LogP contribution in [0.3, 0.4) is 0 Å². The summed E-state index contributed by atoms with van der Waals surface area (Å²) < 4.78 is 5.56. The first kappa shape index (κ1) is 19.8. The molecule has 144 valence electrons. The highest BCUT2D eigenvalue weighted by Crippen LogP contribution is 2.44. The lowest BCUT2D eigenvalue weighted by Crippen LogP contribution is -2.37. The standard InChI is InChI=1S/C22H26ClNO3/c1-3-4-5-12-27-22(26)19-14(2)24-17-10-7-11-18(25)21(17)20(19)15-8-6-9-16(23)13-15/h6,8-9,13,19-20H,3-5,7,10-12H2,1-2H3/t19?,20-/m1/s1. The molecule has 2 atom stereocenters. The van der Waals surface area contributed by atoms with Crippen molar-refractivity contribution in [2.24, 2.45) is 10.9 Å². The van der Waals surface area contributed by atoms with E-state index in [0.29, 0.717) is 29.3 Å². The molecule has 1 aliphatic carbocycles. The average molecular weight is 388 g/mol. The lowest BCUT2D eigenvalue weighted by Gasteiger charge is -2.34. The minimum absolute atomic E-state index is 0.0845. The van der Waals surface area contributed by atoms with Gasteiger partial charge in [-0.3, -0.25) is 14.6 Å². The van der Waals surface area contributed by atoms with E-state index >= 15 is 0 Å². The van der Waals surface area contributed by atoms with Crippen LogP contribution in [0.2, 0.25) is 5.02 Å². The van der Waals surface area contributed by atoms with Gasteiger partial charge < -0.3 is 4.74 Å². The second kappa shape index (κ2) is 8.83. The Bertz CT molecular complexity index is 797. The third-order valence-corrected chi connectivity index (χ3v) is 5.52. The van der Waals surface area contributed by atoms with Crippen LogP contribution in [0.1, 0.15) is 63.9 Å². The largest absolute Gasteiger partial charge is 0.465 e. The van der Waals surface area contributed by atoms with E-state index in [9.17, 15) is 9.59 Å². The quantitative estimate of drug-likeness (QED) is 0.494. The summed E-state index contributed by atoms with van der Waals surface area (Å²) >= 11 is 6.21. The predicted molar refractivity (Wildman–Crippen MR) is 107 cm³/mol. The Hall–Kier alpha value is -1.94. The summed E-state index contributed by atoms with van der Waals surface area (Å²) in [7, 11) is 0. The Morgan fingerprint density at radius 3 is 2.85 bits per heavy atom. The summed E-state index contributed by atoms with van der Waals surface area (Å²) in [6.07, 6.45) is 5.02. The van der Waals surface area contributed by atoms with Gasteiger partial charge in [-0.15, -0.1) is 0 Å². The highest BCUT2D eigenvalue weighted by Gasteiger charge is 2.43. The van der Waals surface area contributed by atoms with Crippen LogP contribution in [0.5, 0.6) is 0 Å². The zero-order valence-corrected chi connectivity index (χ0v) is 16.7. The average Bonchev–Trinajstić information content (AvgIpc) is 2.64. The zero-order chi connectivity index (χ0) is 19.4. The fraction of sp³-hybridized carbons (Fsp3) is 0.500. The van der Waals surface area contributed by atoms with Crippen LogP contribution in [0, 0.1) is 5.92 Å². The van der Waals surface area contributed by atoms with Gasteiger partial charge in [0.2, 0.25) is 0 Å². The van der Waals surface area contributed by atoms with Crippen LogP contribution >= 0.6 is 11.6 Å². The summed E-state index contributed by atoms with van der Waals surface area (Å²) in [5.74, 6) is -1.17. The van der Waals surface area contributed by atoms with Gasteiger partial charge in [0.05, 0.1) is 6.61 Å². The van der Waals surface area contributed by atoms with E-state index in [0.717, 1.165) is 43.4 Å². The monoisotopic (exact) mass is 387 g/mol. The van der Waals surface area contributed by atoms with Gasteiger partial charge in [0.15, 0.2) is 5.78 Å². The number of Topliss-reactive ketones (excluding diaryl/α,β-unsaturated/α-hetero) is 1. The van der Waals surface area contributed by atoms with Gasteiger partial charge in [-0.25, -0.2) is 0 Å². The van der Waals surface area contributed by atoms with Crippen molar-refractivity contribution in [1.82, 2.24) is 0 Å². The molecule has 1 unspecified atom stereocenters. The molecule has 0 radical (unpaired) electrons. The zero-order valence-electron chi connectivity index (χ0n) is 16.0. The molecule has 0 saturated heterocycles. The van der Waals surface area contributed by atoms with Gasteiger partial charge in [0.25, 0.3) is 0 Å². The molecule has 4 nitrogen and oxygen atoms in total. The molecule has 0 aromatic heterocycles. The Balaban J connectivity index is 1.98. The number of ketones is 1. The van der Waals surface area contributed by atoms with Crippen molar-refractivity contribution >= 4 is 29.1 Å². The minimum Gasteiger partial charge on any atom is -0.465 e. The smallest absolute Gasteiger partial charge is 0.315 e. The number of hydrogen-bond donors (Lipinski definition) is 0. The first-order chi connectivity index (χ1) is 13.0. The molecule has 1 aromatic rings. The Morgan fingerprint density at radius 2 is 2.11 bits per heavy atom. The molecule has 0 saturated carbocycles. The molecule has 0 spiro atoms. The van der Waals surface area contributed by atoms with Crippen LogP contribution in [0.25, 0.3) is 0 Å². The van der Waals surface area contributed by atoms with Crippen molar-refractivity contribution in [3.8, 4) is 0 Å². The summed E-state index contributed by atoms with van der Waals surface area (Å²) in [5, 5.41) is 0.591. The normalized spacial score (nSPS) is 22.3. The number of aliphatic imine (C=N–C) groups is 1. The molecule has 0 N–H and O–H groups in total. The minimum atomic E-state index is -0.578. The molecule has 0 bridgehead atoms. The maximum Gasteiger partial charge on any atom is 0.315 e. The van der Waals surface area contributed by atoms with Crippen LogP contribution in [0.15, 0.2) is 40.5 Å². The molecule has 5 heteroatoms. The number of nitrogens with zero attached hydrogens (tertiary/aromatic N) is 1. The molecule has 0 amide bonds. The van der Waals surface area contributed by atoms with Crippen molar-refractivity contribution in [2.45, 2.75) is 58.3 Å². The maximum atomic E-state index is 13.0. The Labute approximate surface area is 165 Å². The highest BCUT2D eigenvalue weighted by molar-refractivity contribution is 6.30. The van der Waals surface area contributed by atoms with E-state index in [1.807, 2.05) is 25.1 Å². The van der Waals surface area contributed by atoms with E-state index < -0.39 is 5.92 Å². The number of benzene rings is 1. The summed E-state index contributed by atoms with van der Waals surface area (Å²) in [6, 6.07) is 7.43. The van der Waals surface area contributed by atoms with Gasteiger partial charge in [-0.05, 0) is 43.9 Å². The molecule has 2 aliphatic rings. The van der Waals surface area contributed by atoms with Crippen molar-refractivity contribution in [3.63, 3.8) is 0 Å². The van der Waals surface area contributed by atoms with Gasteiger partial charge in [0.1, 0.15) is 5.92 Å². The van der Waals surface area contributed by atoms with Crippen LogP contribution < -0.4 is 0 Å². The second-order valence-corrected chi connectivity index (χ2v) is 7.71. The van der Waals surface area contributed by atoms with Gasteiger partial charge in [0, 0.05) is 34.3 Å². The number of allylic oxidation sites excluding steroid dienone is 2. The van der Waals surface area contributed by atoms with E-state index in [1.54, 1.807) is 6.07 Å². The Kier molecular flexibility index (Phi) is 6.48. The van der Waals surface area contributed by atoms with E-state index in [-0.39, 0.29) is 17.7 Å². The van der Waals surface area contributed by atoms with Crippen LogP contribution in [0.4, 0.5) is 0 Å². The number of ether oxygens (including phenoxy) is 1. The van der Waals surface area contributed by atoms with Gasteiger partial charge in [-0.2, -0.15) is 0 Å². The summed E-state index contributed by atoms with van der Waals surface area (Å²) in [4.78, 5) is 30.4. The fourth-order valence-corrected chi connectivity index (χ4v) is 4.19. The second-order valence-electron chi connectivity index (χ2n) is 7.28. The summed E-state index contributed by atoms with van der Waals surface area (Å²) in [6.45, 7) is 4.37. The number of rotatable bonds is 6. The number of hydrogen-bond acceptors (Lipinski definition) is 4. The molecule has 1 aliphatic heterocycles. The number of unbranched alkanes of at least 4 members (excludes halogenated alkanes) is 2. The SMILES string of the molecule is CCCCCOC(=O)C1C(C)=NC2=C(C(=O)CCC2)[C@@H]1c1cccc(Cl)c1. The van der Waals surface area contributed by atoms with Gasteiger partial charge in [-0.1, -0.05) is 43.5 Å². The van der Waals surface area contributed by atoms with Crippen molar-refractivity contribution < 1.29 is 14.3 Å². The summed E-state index contributed by atoms with van der Waals surface area (Å²) in [5.41, 5.74) is 3.08. The Morgan fingerprint density at radius 1 is 1.30 bits per heavy atom. The molecule has 3 rings (SSSR count). The molecule has 0 fully saturated rings.